The molecule has 90 valence electrons. The van der Waals surface area contributed by atoms with Crippen LogP contribution in [-0.2, 0) is 9.47 Å². The Hall–Kier alpha value is -0.520. The van der Waals surface area contributed by atoms with E-state index in [2.05, 4.69) is 4.98 Å². The summed E-state index contributed by atoms with van der Waals surface area (Å²) in [7, 11) is 0. The van der Waals surface area contributed by atoms with Crippen LogP contribution in [0.3, 0.4) is 0 Å². The molecule has 1 aromatic rings. The molecular formula is C11H17NO3S. The van der Waals surface area contributed by atoms with Crippen LogP contribution in [0, 0.1) is 13.8 Å². The molecule has 0 spiro atoms. The number of aryl methyl sites for hydroxylation is 2. The maximum Gasteiger partial charge on any atom is 0.256 e. The Morgan fingerprint density at radius 1 is 1.31 bits per heavy atom. The molecule has 2 heterocycles. The lowest BCUT2D eigenvalue weighted by molar-refractivity contribution is -0.178. The van der Waals surface area contributed by atoms with Gasteiger partial charge in [0.1, 0.15) is 5.76 Å². The number of rotatable bonds is 4. The zero-order chi connectivity index (χ0) is 11.4. The Balaban J connectivity index is 1.71. The summed E-state index contributed by atoms with van der Waals surface area (Å²) in [6.07, 6.45) is 1.84. The fraction of sp³-hybridized carbons (Fsp3) is 0.727. The third-order valence-electron chi connectivity index (χ3n) is 2.48. The van der Waals surface area contributed by atoms with E-state index in [1.165, 1.54) is 0 Å². The van der Waals surface area contributed by atoms with Gasteiger partial charge in [0.05, 0.1) is 18.9 Å². The number of oxazole rings is 1. The van der Waals surface area contributed by atoms with Crippen molar-refractivity contribution in [1.82, 2.24) is 4.98 Å². The maximum atomic E-state index is 5.47. The van der Waals surface area contributed by atoms with Crippen LogP contribution in [0.5, 0.6) is 0 Å². The number of hydrogen-bond donors (Lipinski definition) is 0. The number of thioether (sulfide) groups is 1. The van der Waals surface area contributed by atoms with Crippen molar-refractivity contribution in [2.75, 3.05) is 19.0 Å². The number of nitrogens with zero attached hydrogens (tertiary/aromatic N) is 1. The van der Waals surface area contributed by atoms with Crippen LogP contribution in [0.15, 0.2) is 9.64 Å². The summed E-state index contributed by atoms with van der Waals surface area (Å²) in [4.78, 5) is 4.31. The molecule has 16 heavy (non-hydrogen) atoms. The summed E-state index contributed by atoms with van der Waals surface area (Å²) in [6, 6.07) is 0. The second-order valence-corrected chi connectivity index (χ2v) is 4.83. The molecule has 0 aliphatic carbocycles. The lowest BCUT2D eigenvalue weighted by Crippen LogP contribution is -2.25. The van der Waals surface area contributed by atoms with Gasteiger partial charge >= 0.3 is 0 Å². The minimum atomic E-state index is -0.0431. The Morgan fingerprint density at radius 3 is 2.69 bits per heavy atom. The highest BCUT2D eigenvalue weighted by Gasteiger charge is 2.14. The third kappa shape index (κ3) is 3.23. The number of aromatic nitrogens is 1. The highest BCUT2D eigenvalue weighted by Crippen LogP contribution is 2.22. The molecule has 5 heteroatoms. The summed E-state index contributed by atoms with van der Waals surface area (Å²) >= 11 is 1.61. The van der Waals surface area contributed by atoms with E-state index in [0.717, 1.165) is 48.5 Å². The normalized spacial score (nSPS) is 17.9. The molecule has 1 aromatic heterocycles. The first-order valence-corrected chi connectivity index (χ1v) is 6.54. The van der Waals surface area contributed by atoms with Gasteiger partial charge in [0.15, 0.2) is 6.29 Å². The quantitative estimate of drug-likeness (QED) is 0.760. The Bertz CT molecular complexity index is 314. The van der Waals surface area contributed by atoms with Crippen molar-refractivity contribution in [2.24, 2.45) is 0 Å². The zero-order valence-electron chi connectivity index (χ0n) is 9.69. The molecule has 0 unspecified atom stereocenters. The molecular weight excluding hydrogens is 226 g/mol. The number of hydrogen-bond acceptors (Lipinski definition) is 5. The molecule has 2 rings (SSSR count). The summed E-state index contributed by atoms with van der Waals surface area (Å²) in [6.45, 7) is 5.51. The van der Waals surface area contributed by atoms with Crippen molar-refractivity contribution in [3.63, 3.8) is 0 Å². The summed E-state index contributed by atoms with van der Waals surface area (Å²) < 4.78 is 16.4. The Labute approximate surface area is 99.7 Å². The molecule has 0 saturated carbocycles. The van der Waals surface area contributed by atoms with Gasteiger partial charge < -0.3 is 13.9 Å². The van der Waals surface area contributed by atoms with Crippen LogP contribution in [0.1, 0.15) is 24.3 Å². The van der Waals surface area contributed by atoms with Crippen LogP contribution in [0.4, 0.5) is 0 Å². The fourth-order valence-electron chi connectivity index (χ4n) is 1.45. The second kappa shape index (κ2) is 5.70. The van der Waals surface area contributed by atoms with Gasteiger partial charge in [-0.25, -0.2) is 4.98 Å². The summed E-state index contributed by atoms with van der Waals surface area (Å²) in [5.74, 6) is 1.80. The van der Waals surface area contributed by atoms with Crippen LogP contribution in [0.2, 0.25) is 0 Å². The van der Waals surface area contributed by atoms with Gasteiger partial charge in [-0.05, 0) is 20.3 Å². The second-order valence-electron chi connectivity index (χ2n) is 3.78. The van der Waals surface area contributed by atoms with E-state index in [1.54, 1.807) is 11.8 Å². The molecule has 1 aliphatic heterocycles. The van der Waals surface area contributed by atoms with Gasteiger partial charge in [-0.15, -0.1) is 0 Å². The van der Waals surface area contributed by atoms with E-state index in [0.29, 0.717) is 0 Å². The average Bonchev–Trinajstić information content (AvgIpc) is 2.60. The molecule has 0 atom stereocenters. The molecule has 0 bridgehead atoms. The van der Waals surface area contributed by atoms with E-state index < -0.39 is 0 Å². The Kier molecular flexibility index (Phi) is 4.26. The highest BCUT2D eigenvalue weighted by molar-refractivity contribution is 7.99. The monoisotopic (exact) mass is 243 g/mol. The molecule has 1 saturated heterocycles. The first-order valence-electron chi connectivity index (χ1n) is 5.56. The van der Waals surface area contributed by atoms with E-state index in [1.807, 2.05) is 13.8 Å². The molecule has 0 N–H and O–H groups in total. The smallest absolute Gasteiger partial charge is 0.256 e. The van der Waals surface area contributed by atoms with Gasteiger partial charge in [-0.1, -0.05) is 11.8 Å². The van der Waals surface area contributed by atoms with Gasteiger partial charge in [0.25, 0.3) is 5.22 Å². The lowest BCUT2D eigenvalue weighted by Gasteiger charge is -2.22. The van der Waals surface area contributed by atoms with Crippen LogP contribution in [0.25, 0.3) is 0 Å². The maximum absolute atomic E-state index is 5.47. The van der Waals surface area contributed by atoms with E-state index in [4.69, 9.17) is 13.9 Å². The molecule has 4 nitrogen and oxygen atoms in total. The largest absolute Gasteiger partial charge is 0.437 e. The minimum Gasteiger partial charge on any atom is -0.437 e. The first-order chi connectivity index (χ1) is 7.75. The van der Waals surface area contributed by atoms with E-state index >= 15 is 0 Å². The average molecular weight is 243 g/mol. The zero-order valence-corrected chi connectivity index (χ0v) is 10.5. The van der Waals surface area contributed by atoms with Crippen molar-refractivity contribution >= 4 is 11.8 Å². The first kappa shape index (κ1) is 12.0. The standard InChI is InChI=1S/C11H17NO3S/c1-8-9(2)15-11(12-8)16-7-4-10-13-5-3-6-14-10/h10H,3-7H2,1-2H3. The van der Waals surface area contributed by atoms with Crippen LogP contribution < -0.4 is 0 Å². The lowest BCUT2D eigenvalue weighted by atomic mass is 10.4. The Morgan fingerprint density at radius 2 is 2.06 bits per heavy atom. The topological polar surface area (TPSA) is 44.5 Å². The molecule has 0 aromatic carbocycles. The van der Waals surface area contributed by atoms with Crippen molar-refractivity contribution < 1.29 is 13.9 Å². The van der Waals surface area contributed by atoms with Crippen molar-refractivity contribution in [1.29, 1.82) is 0 Å². The fourth-order valence-corrected chi connectivity index (χ4v) is 2.32. The predicted molar refractivity (Wildman–Crippen MR) is 61.6 cm³/mol. The van der Waals surface area contributed by atoms with Crippen molar-refractivity contribution in [2.45, 2.75) is 38.2 Å². The van der Waals surface area contributed by atoms with Crippen molar-refractivity contribution in [3.8, 4) is 0 Å². The highest BCUT2D eigenvalue weighted by atomic mass is 32.2. The SMILES string of the molecule is Cc1nc(SCCC2OCCCO2)oc1C. The summed E-state index contributed by atoms with van der Waals surface area (Å²) in [5, 5.41) is 0.741. The van der Waals surface area contributed by atoms with Crippen molar-refractivity contribution in [3.05, 3.63) is 11.5 Å². The molecule has 1 fully saturated rings. The third-order valence-corrected chi connectivity index (χ3v) is 3.35. The van der Waals surface area contributed by atoms with Gasteiger partial charge in [0, 0.05) is 12.2 Å². The molecule has 0 amide bonds. The van der Waals surface area contributed by atoms with Crippen LogP contribution >= 0.6 is 11.8 Å². The summed E-state index contributed by atoms with van der Waals surface area (Å²) in [5.41, 5.74) is 0.965. The van der Waals surface area contributed by atoms with E-state index in [9.17, 15) is 0 Å². The van der Waals surface area contributed by atoms with Gasteiger partial charge in [-0.2, -0.15) is 0 Å². The van der Waals surface area contributed by atoms with Crippen LogP contribution in [-0.4, -0.2) is 30.2 Å². The molecule has 0 radical (unpaired) electrons. The van der Waals surface area contributed by atoms with Gasteiger partial charge in [-0.3, -0.25) is 0 Å². The number of ether oxygens (including phenoxy) is 2. The minimum absolute atomic E-state index is 0.0431. The van der Waals surface area contributed by atoms with Gasteiger partial charge in [0.2, 0.25) is 0 Å². The molecule has 1 aliphatic rings. The predicted octanol–water partition coefficient (Wildman–Crippen LogP) is 2.54. The van der Waals surface area contributed by atoms with E-state index in [-0.39, 0.29) is 6.29 Å².